The van der Waals surface area contributed by atoms with Crippen LogP contribution in [0.15, 0.2) is 21.6 Å². The van der Waals surface area contributed by atoms with Gasteiger partial charge in [0, 0.05) is 29.5 Å². The van der Waals surface area contributed by atoms with Crippen molar-refractivity contribution in [3.8, 4) is 0 Å². The van der Waals surface area contributed by atoms with E-state index in [9.17, 15) is 24.3 Å². The zero-order chi connectivity index (χ0) is 28.5. The summed E-state index contributed by atoms with van der Waals surface area (Å²) in [5.41, 5.74) is 15.8. The largest absolute Gasteiger partial charge is 0.481 e. The Hall–Kier alpha value is -3.84. The van der Waals surface area contributed by atoms with E-state index in [2.05, 4.69) is 20.4 Å². The van der Waals surface area contributed by atoms with Gasteiger partial charge in [-0.1, -0.05) is 16.9 Å². The number of fused-ring (bicyclic) bond motifs is 1. The standard InChI is InChI=1S/C20H23N9O7S3/c1-28-9(21)2-10(25-18(28)22)38-6-20(17(34)35)5-29-15(33)13(16(29)39-7-20)26-14(32)12(27-36-3-11(30)31)8-4-37-19(23)24-8/h2,4,13,16H,3,5-7H2,1H3,(H8,21,22,23,24,25,26,30,31,32,34,35)/p+1/t13-,16-,20?/m1/s1. The number of oxime groups is 1. The summed E-state index contributed by atoms with van der Waals surface area (Å²) >= 11 is 3.42. The van der Waals surface area contributed by atoms with Crippen molar-refractivity contribution in [3.05, 3.63) is 17.1 Å². The Morgan fingerprint density at radius 2 is 2.08 bits per heavy atom. The molecule has 0 spiro atoms. The summed E-state index contributed by atoms with van der Waals surface area (Å²) in [6.07, 6.45) is 0. The van der Waals surface area contributed by atoms with Crippen molar-refractivity contribution in [2.24, 2.45) is 17.6 Å². The number of hydrogen-bond donors (Lipinski definition) is 6. The molecule has 0 saturated carbocycles. The fraction of sp³-hybridized carbons (Fsp3) is 0.400. The fourth-order valence-electron chi connectivity index (χ4n) is 3.73. The molecule has 2 fully saturated rings. The minimum atomic E-state index is -1.30. The number of carboxylic acid groups (broad SMARTS) is 2. The molecule has 4 rings (SSSR count). The summed E-state index contributed by atoms with van der Waals surface area (Å²) in [6.45, 7) is -0.870. The summed E-state index contributed by atoms with van der Waals surface area (Å²) in [5, 5.41) is 26.5. The molecule has 2 aromatic rings. The molecule has 2 aliphatic rings. The van der Waals surface area contributed by atoms with Gasteiger partial charge >= 0.3 is 17.9 Å². The number of nitrogens with one attached hydrogen (secondary N) is 1. The minimum absolute atomic E-state index is 0.0478. The van der Waals surface area contributed by atoms with E-state index in [-0.39, 0.29) is 40.5 Å². The van der Waals surface area contributed by atoms with E-state index in [1.807, 2.05) is 0 Å². The van der Waals surface area contributed by atoms with Crippen molar-refractivity contribution in [1.29, 1.82) is 0 Å². The van der Waals surface area contributed by atoms with Crippen LogP contribution in [0.4, 0.5) is 16.9 Å². The smallest absolute Gasteiger partial charge is 0.345 e. The first kappa shape index (κ1) is 28.2. The number of rotatable bonds is 10. The van der Waals surface area contributed by atoms with Crippen LogP contribution in [-0.2, 0) is 31.1 Å². The highest BCUT2D eigenvalue weighted by molar-refractivity contribution is 8.00. The highest BCUT2D eigenvalue weighted by Gasteiger charge is 2.57. The molecule has 4 heterocycles. The first-order valence-corrected chi connectivity index (χ1v) is 14.0. The summed E-state index contributed by atoms with van der Waals surface area (Å²) in [7, 11) is 1.65. The summed E-state index contributed by atoms with van der Waals surface area (Å²) in [5.74, 6) is -2.88. The first-order chi connectivity index (χ1) is 18.4. The molecule has 0 radical (unpaired) electrons. The quantitative estimate of drug-likeness (QED) is 0.0440. The van der Waals surface area contributed by atoms with E-state index >= 15 is 0 Å². The molecule has 16 nitrogen and oxygen atoms in total. The SMILES string of the molecule is C[n+]1c(N)cc(SCC2(C(=O)O)CS[C@@H]3[C@H](NC(=O)C(=NOCC(=O)O)c4csc(N)n4)C(=O)N3C2)nc1N. The van der Waals surface area contributed by atoms with E-state index < -0.39 is 47.2 Å². The van der Waals surface area contributed by atoms with Crippen LogP contribution in [0.25, 0.3) is 0 Å². The molecule has 208 valence electrons. The number of amides is 2. The van der Waals surface area contributed by atoms with Crippen molar-refractivity contribution in [1.82, 2.24) is 20.2 Å². The molecule has 0 bridgehead atoms. The lowest BCUT2D eigenvalue weighted by Crippen LogP contribution is -2.74. The number of carboxylic acids is 2. The Morgan fingerprint density at radius 3 is 2.69 bits per heavy atom. The summed E-state index contributed by atoms with van der Waals surface area (Å²) in [4.78, 5) is 63.3. The van der Waals surface area contributed by atoms with Crippen molar-refractivity contribution >= 4 is 81.2 Å². The predicted molar refractivity (Wildman–Crippen MR) is 142 cm³/mol. The Bertz CT molecular complexity index is 1350. The van der Waals surface area contributed by atoms with E-state index in [0.717, 1.165) is 11.3 Å². The van der Waals surface area contributed by atoms with Gasteiger partial charge in [-0.15, -0.1) is 28.1 Å². The second-order valence-corrected chi connectivity index (χ2v) is 11.6. The van der Waals surface area contributed by atoms with Crippen molar-refractivity contribution in [3.63, 3.8) is 0 Å². The van der Waals surface area contributed by atoms with Gasteiger partial charge in [-0.2, -0.15) is 0 Å². The lowest BCUT2D eigenvalue weighted by atomic mass is 9.89. The Labute approximate surface area is 233 Å². The van der Waals surface area contributed by atoms with Crippen molar-refractivity contribution < 1.29 is 38.8 Å². The number of aromatic nitrogens is 3. The second-order valence-electron chi connectivity index (χ2n) is 8.61. The summed E-state index contributed by atoms with van der Waals surface area (Å²) in [6, 6.07) is 0.628. The van der Waals surface area contributed by atoms with Gasteiger partial charge < -0.3 is 42.5 Å². The zero-order valence-electron chi connectivity index (χ0n) is 20.3. The van der Waals surface area contributed by atoms with Crippen LogP contribution in [0.3, 0.4) is 0 Å². The number of β-lactam (4-membered cyclic amide) rings is 1. The summed E-state index contributed by atoms with van der Waals surface area (Å²) < 4.78 is 1.49. The maximum absolute atomic E-state index is 13.0. The Morgan fingerprint density at radius 1 is 1.33 bits per heavy atom. The number of nitrogen functional groups attached to an aromatic ring is 3. The normalized spacial score (nSPS) is 22.5. The third-order valence-corrected chi connectivity index (χ3v) is 9.40. The molecule has 39 heavy (non-hydrogen) atoms. The van der Waals surface area contributed by atoms with Crippen molar-refractivity contribution in [2.45, 2.75) is 16.4 Å². The number of hydrogen-bond acceptors (Lipinski definition) is 14. The molecular weight excluding hydrogens is 574 g/mol. The maximum Gasteiger partial charge on any atom is 0.345 e. The average molecular weight is 599 g/mol. The molecule has 3 atom stereocenters. The van der Waals surface area contributed by atoms with Crippen molar-refractivity contribution in [2.75, 3.05) is 41.9 Å². The molecule has 9 N–H and O–H groups in total. The number of nitrogens with zero attached hydrogens (tertiary/aromatic N) is 5. The fourth-order valence-corrected chi connectivity index (χ4v) is 7.05. The third kappa shape index (κ3) is 5.78. The lowest BCUT2D eigenvalue weighted by Gasteiger charge is -2.53. The number of nitrogens with two attached hydrogens (primary N) is 3. The highest BCUT2D eigenvalue weighted by atomic mass is 32.2. The first-order valence-electron chi connectivity index (χ1n) is 11.1. The lowest BCUT2D eigenvalue weighted by molar-refractivity contribution is -0.645. The van der Waals surface area contributed by atoms with Crippen LogP contribution < -0.4 is 27.1 Å². The third-order valence-electron chi connectivity index (χ3n) is 5.93. The number of aliphatic carboxylic acids is 2. The van der Waals surface area contributed by atoms with Gasteiger partial charge in [0.2, 0.25) is 12.5 Å². The maximum atomic E-state index is 13.0. The number of carbonyl (C=O) groups excluding carboxylic acids is 2. The van der Waals surface area contributed by atoms with Crippen LogP contribution in [0.1, 0.15) is 5.69 Å². The van der Waals surface area contributed by atoms with Crippen LogP contribution in [-0.4, -0.2) is 90.6 Å². The van der Waals surface area contributed by atoms with Gasteiger partial charge in [0.25, 0.3) is 5.91 Å². The molecule has 2 aromatic heterocycles. The topological polar surface area (TPSA) is 253 Å². The highest BCUT2D eigenvalue weighted by Crippen LogP contribution is 2.44. The van der Waals surface area contributed by atoms with Crippen LogP contribution in [0.2, 0.25) is 0 Å². The molecule has 19 heteroatoms. The van der Waals surface area contributed by atoms with Crippen LogP contribution in [0.5, 0.6) is 0 Å². The molecule has 0 aliphatic carbocycles. The molecule has 2 amide bonds. The van der Waals surface area contributed by atoms with Gasteiger partial charge in [0.15, 0.2) is 21.7 Å². The van der Waals surface area contributed by atoms with E-state index in [1.165, 1.54) is 38.4 Å². The molecular formula is C20H24N9O7S3+. The van der Waals surface area contributed by atoms with Crippen LogP contribution in [0, 0.1) is 5.41 Å². The Kier molecular flexibility index (Phi) is 8.02. The van der Waals surface area contributed by atoms with E-state index in [1.54, 1.807) is 13.1 Å². The van der Waals surface area contributed by atoms with Gasteiger partial charge in [0.1, 0.15) is 22.5 Å². The Balaban J connectivity index is 1.44. The van der Waals surface area contributed by atoms with Crippen LogP contribution >= 0.6 is 34.9 Å². The van der Waals surface area contributed by atoms with Gasteiger partial charge in [-0.25, -0.2) is 14.3 Å². The average Bonchev–Trinajstić information content (AvgIpc) is 3.32. The van der Waals surface area contributed by atoms with E-state index in [4.69, 9.17) is 27.1 Å². The molecule has 0 aromatic carbocycles. The molecule has 1 unspecified atom stereocenters. The minimum Gasteiger partial charge on any atom is -0.481 e. The number of anilines is 3. The number of carbonyl (C=O) groups is 4. The zero-order valence-corrected chi connectivity index (χ0v) is 22.7. The van der Waals surface area contributed by atoms with E-state index in [0.29, 0.717) is 10.8 Å². The number of thiazole rings is 1. The number of thioether (sulfide) groups is 2. The second kappa shape index (κ2) is 11.1. The molecule has 2 saturated heterocycles. The monoisotopic (exact) mass is 598 g/mol. The van der Waals surface area contributed by atoms with Gasteiger partial charge in [-0.05, 0) is 0 Å². The van der Waals surface area contributed by atoms with Gasteiger partial charge in [0.05, 0.1) is 7.05 Å². The predicted octanol–water partition coefficient (Wildman–Crippen LogP) is -1.82. The molecule has 2 aliphatic heterocycles. The van der Waals surface area contributed by atoms with Gasteiger partial charge in [-0.3, -0.25) is 14.4 Å².